The van der Waals surface area contributed by atoms with Gasteiger partial charge in [-0.25, -0.2) is 4.31 Å². The van der Waals surface area contributed by atoms with Crippen molar-refractivity contribution in [3.05, 3.63) is 24.2 Å². The summed E-state index contributed by atoms with van der Waals surface area (Å²) in [4.78, 5) is 11.8. The summed E-state index contributed by atoms with van der Waals surface area (Å²) in [5.41, 5.74) is 0.100. The molecule has 0 aromatic carbocycles. The van der Waals surface area contributed by atoms with Crippen molar-refractivity contribution in [2.75, 3.05) is 6.54 Å². The second kappa shape index (κ2) is 6.55. The molecule has 0 aliphatic rings. The van der Waals surface area contributed by atoms with Crippen molar-refractivity contribution < 1.29 is 22.2 Å². The third kappa shape index (κ3) is 4.15. The van der Waals surface area contributed by atoms with Crippen LogP contribution in [-0.2, 0) is 10.3 Å². The van der Waals surface area contributed by atoms with Crippen molar-refractivity contribution in [1.29, 1.82) is 0 Å². The molecule has 0 unspecified atom stereocenters. The predicted molar refractivity (Wildman–Crippen MR) is 65.4 cm³/mol. The molecular weight excluding hydrogens is 258 g/mol. The second-order valence-corrected chi connectivity index (χ2v) is 5.26. The van der Waals surface area contributed by atoms with Gasteiger partial charge in [-0.05, 0) is 12.5 Å². The van der Waals surface area contributed by atoms with Gasteiger partial charge in [0.1, 0.15) is 6.26 Å². The Morgan fingerprint density at radius 2 is 2.11 bits per heavy atom. The van der Waals surface area contributed by atoms with E-state index in [0.717, 1.165) is 25.5 Å². The summed E-state index contributed by atoms with van der Waals surface area (Å²) in [5, 5.41) is 0. The quantitative estimate of drug-likeness (QED) is 0.608. The highest BCUT2D eigenvalue weighted by Crippen LogP contribution is 2.11. The normalized spacial score (nSPS) is 11.4. The largest absolute Gasteiger partial charge is 0.472 e. The average Bonchev–Trinajstić information content (AvgIpc) is 2.80. The number of furan rings is 1. The fraction of sp³-hybridized carbons (Fsp3) is 0.545. The van der Waals surface area contributed by atoms with Gasteiger partial charge < -0.3 is 4.42 Å². The van der Waals surface area contributed by atoms with Crippen LogP contribution in [0, 0.1) is 0 Å². The van der Waals surface area contributed by atoms with Gasteiger partial charge in [0.2, 0.25) is 0 Å². The average molecular weight is 275 g/mol. The Morgan fingerprint density at radius 3 is 2.61 bits per heavy atom. The number of amides is 1. The van der Waals surface area contributed by atoms with Crippen LogP contribution in [0.25, 0.3) is 0 Å². The molecule has 0 spiro atoms. The van der Waals surface area contributed by atoms with Crippen LogP contribution < -0.4 is 0 Å². The molecule has 1 aromatic heterocycles. The molecule has 0 saturated carbocycles. The molecule has 1 rings (SSSR count). The molecule has 1 aromatic rings. The van der Waals surface area contributed by atoms with Gasteiger partial charge in [0, 0.05) is 6.54 Å². The molecule has 0 atom stereocenters. The number of carbonyl (C=O) groups is 1. The first-order valence-corrected chi connectivity index (χ1v) is 7.18. The van der Waals surface area contributed by atoms with Gasteiger partial charge in [-0.3, -0.25) is 9.35 Å². The first-order chi connectivity index (χ1) is 8.46. The van der Waals surface area contributed by atoms with Gasteiger partial charge in [0.25, 0.3) is 5.91 Å². The molecule has 1 N–H and O–H groups in total. The monoisotopic (exact) mass is 275 g/mol. The van der Waals surface area contributed by atoms with Gasteiger partial charge in [-0.15, -0.1) is 0 Å². The number of hydrogen-bond acceptors (Lipinski definition) is 4. The van der Waals surface area contributed by atoms with E-state index in [0.29, 0.717) is 10.7 Å². The van der Waals surface area contributed by atoms with E-state index in [-0.39, 0.29) is 12.1 Å². The number of hydrogen-bond donors (Lipinski definition) is 1. The number of rotatable bonds is 7. The van der Waals surface area contributed by atoms with E-state index in [4.69, 9.17) is 8.97 Å². The number of nitrogens with zero attached hydrogens (tertiary/aromatic N) is 1. The van der Waals surface area contributed by atoms with E-state index in [1.807, 2.05) is 6.92 Å². The fourth-order valence-electron chi connectivity index (χ4n) is 1.53. The molecule has 0 bridgehead atoms. The van der Waals surface area contributed by atoms with Crippen LogP contribution in [0.2, 0.25) is 0 Å². The Bertz CT molecular complexity index is 466. The summed E-state index contributed by atoms with van der Waals surface area (Å²) in [5.74, 6) is -0.775. The number of carbonyl (C=O) groups excluding carboxylic acids is 1. The van der Waals surface area contributed by atoms with E-state index in [9.17, 15) is 13.2 Å². The van der Waals surface area contributed by atoms with Crippen molar-refractivity contribution in [2.24, 2.45) is 0 Å². The van der Waals surface area contributed by atoms with Crippen molar-refractivity contribution >= 4 is 16.2 Å². The van der Waals surface area contributed by atoms with Gasteiger partial charge in [0.05, 0.1) is 11.8 Å². The Kier molecular flexibility index (Phi) is 5.36. The smallest absolute Gasteiger partial charge is 0.362 e. The van der Waals surface area contributed by atoms with Gasteiger partial charge in [-0.1, -0.05) is 26.2 Å². The van der Waals surface area contributed by atoms with Gasteiger partial charge in [0.15, 0.2) is 0 Å². The van der Waals surface area contributed by atoms with E-state index >= 15 is 0 Å². The van der Waals surface area contributed by atoms with Crippen LogP contribution in [0.3, 0.4) is 0 Å². The maximum absolute atomic E-state index is 11.8. The molecule has 0 fully saturated rings. The number of unbranched alkanes of at least 4 members (excludes halogenated alkanes) is 3. The van der Waals surface area contributed by atoms with Crippen molar-refractivity contribution in [2.45, 2.75) is 32.6 Å². The first-order valence-electron chi connectivity index (χ1n) is 5.78. The fourth-order valence-corrected chi connectivity index (χ4v) is 2.21. The highest BCUT2D eigenvalue weighted by Gasteiger charge is 2.26. The molecule has 0 aliphatic carbocycles. The Morgan fingerprint density at radius 1 is 1.39 bits per heavy atom. The van der Waals surface area contributed by atoms with E-state index < -0.39 is 16.2 Å². The van der Waals surface area contributed by atoms with E-state index in [1.54, 1.807) is 0 Å². The maximum atomic E-state index is 11.8. The standard InChI is InChI=1S/C11H17NO5S/c1-2-3-4-5-7-12(18(14,15)16)11(13)10-6-8-17-9-10/h6,8-9H,2-5,7H2,1H3,(H,14,15,16). The minimum atomic E-state index is -4.54. The molecule has 7 heteroatoms. The zero-order valence-electron chi connectivity index (χ0n) is 10.2. The topological polar surface area (TPSA) is 87.8 Å². The van der Waals surface area contributed by atoms with Crippen LogP contribution in [0.15, 0.2) is 23.0 Å². The van der Waals surface area contributed by atoms with Crippen LogP contribution in [0.4, 0.5) is 0 Å². The molecular formula is C11H17NO5S. The van der Waals surface area contributed by atoms with Crippen molar-refractivity contribution in [1.82, 2.24) is 4.31 Å². The van der Waals surface area contributed by atoms with Gasteiger partial charge in [-0.2, -0.15) is 8.42 Å². The van der Waals surface area contributed by atoms with Gasteiger partial charge >= 0.3 is 10.3 Å². The van der Waals surface area contributed by atoms with Crippen molar-refractivity contribution in [3.63, 3.8) is 0 Å². The van der Waals surface area contributed by atoms with E-state index in [1.165, 1.54) is 12.3 Å². The third-order valence-corrected chi connectivity index (χ3v) is 3.39. The lowest BCUT2D eigenvalue weighted by molar-refractivity contribution is 0.0849. The predicted octanol–water partition coefficient (Wildman–Crippen LogP) is 2.10. The highest BCUT2D eigenvalue weighted by molar-refractivity contribution is 7.84. The van der Waals surface area contributed by atoms with Crippen LogP contribution >= 0.6 is 0 Å². The SMILES string of the molecule is CCCCCCN(C(=O)c1ccoc1)S(=O)(=O)O. The van der Waals surface area contributed by atoms with Crippen LogP contribution in [0.5, 0.6) is 0 Å². The summed E-state index contributed by atoms with van der Waals surface area (Å²) in [6.07, 6.45) is 5.71. The molecule has 0 aliphatic heterocycles. The Balaban J connectivity index is 2.71. The lowest BCUT2D eigenvalue weighted by Gasteiger charge is -2.17. The zero-order chi connectivity index (χ0) is 13.6. The molecule has 1 heterocycles. The molecule has 0 saturated heterocycles. The molecule has 102 valence electrons. The highest BCUT2D eigenvalue weighted by atomic mass is 32.2. The molecule has 1 amide bonds. The van der Waals surface area contributed by atoms with E-state index in [2.05, 4.69) is 0 Å². The van der Waals surface area contributed by atoms with Crippen molar-refractivity contribution in [3.8, 4) is 0 Å². The van der Waals surface area contributed by atoms with Crippen LogP contribution in [-0.4, -0.2) is 29.7 Å². The maximum Gasteiger partial charge on any atom is 0.362 e. The lowest BCUT2D eigenvalue weighted by atomic mass is 10.2. The third-order valence-electron chi connectivity index (χ3n) is 2.49. The first kappa shape index (κ1) is 14.7. The Labute approximate surface area is 106 Å². The molecule has 6 nitrogen and oxygen atoms in total. The minimum Gasteiger partial charge on any atom is -0.472 e. The summed E-state index contributed by atoms with van der Waals surface area (Å²) >= 11 is 0. The lowest BCUT2D eigenvalue weighted by Crippen LogP contribution is -2.37. The summed E-state index contributed by atoms with van der Waals surface area (Å²) < 4.78 is 36.6. The van der Waals surface area contributed by atoms with Crippen LogP contribution in [0.1, 0.15) is 43.0 Å². The Hall–Kier alpha value is -1.34. The summed E-state index contributed by atoms with van der Waals surface area (Å²) in [7, 11) is -4.54. The summed E-state index contributed by atoms with van der Waals surface area (Å²) in [6.45, 7) is 2.00. The molecule has 0 radical (unpaired) electrons. The molecule has 18 heavy (non-hydrogen) atoms. The zero-order valence-corrected chi connectivity index (χ0v) is 11.0. The second-order valence-electron chi connectivity index (χ2n) is 3.93. The summed E-state index contributed by atoms with van der Waals surface area (Å²) in [6, 6.07) is 1.35. The minimum absolute atomic E-state index is 0.0250.